The first-order valence-corrected chi connectivity index (χ1v) is 9.83. The summed E-state index contributed by atoms with van der Waals surface area (Å²) in [5.41, 5.74) is 6.73. The number of rotatable bonds is 8. The molecule has 0 saturated carbocycles. The lowest BCUT2D eigenvalue weighted by atomic mass is 10.0. The summed E-state index contributed by atoms with van der Waals surface area (Å²) in [6, 6.07) is 13.6. The Bertz CT molecular complexity index is 746. The fourth-order valence-corrected chi connectivity index (χ4v) is 4.63. The van der Waals surface area contributed by atoms with Crippen molar-refractivity contribution in [3.63, 3.8) is 0 Å². The third-order valence-electron chi connectivity index (χ3n) is 4.34. The van der Waals surface area contributed by atoms with Gasteiger partial charge in [-0.25, -0.2) is 13.1 Å². The monoisotopic (exact) mass is 370 g/mol. The molecule has 0 aliphatic carbocycles. The van der Waals surface area contributed by atoms with Gasteiger partial charge in [0, 0.05) is 6.54 Å². The average Bonchev–Trinajstić information content (AvgIpc) is 2.57. The number of nitrogens with two attached hydrogens (primary N) is 1. The maximum Gasteiger partial charge on any atom is 0.212 e. The lowest BCUT2D eigenvalue weighted by molar-refractivity contribution is 0.508. The Morgan fingerprint density at radius 2 is 1.67 bits per heavy atom. The maximum absolute atomic E-state index is 12.4. The van der Waals surface area contributed by atoms with E-state index in [2.05, 4.69) is 4.72 Å². The highest BCUT2D eigenvalue weighted by atomic mass is 35.5. The highest BCUT2D eigenvalue weighted by molar-refractivity contribution is 7.89. The van der Waals surface area contributed by atoms with Crippen LogP contribution in [-0.2, 0) is 10.0 Å². The van der Waals surface area contributed by atoms with E-state index in [4.69, 9.17) is 5.73 Å². The Hall–Kier alpha value is -1.14. The van der Waals surface area contributed by atoms with Crippen LogP contribution in [0.5, 0.6) is 0 Å². The molecule has 6 heteroatoms. The van der Waals surface area contributed by atoms with E-state index in [-0.39, 0.29) is 36.7 Å². The van der Waals surface area contributed by atoms with Gasteiger partial charge in [0.2, 0.25) is 10.0 Å². The SMILES string of the molecule is CCC(CC)CS(=O)(=O)NC(CN)c1ccc2ccccc2c1.Cl. The Morgan fingerprint density at radius 3 is 2.25 bits per heavy atom. The minimum absolute atomic E-state index is 0. The molecule has 0 amide bonds. The Balaban J connectivity index is 0.00000288. The van der Waals surface area contributed by atoms with E-state index in [0.717, 1.165) is 29.2 Å². The van der Waals surface area contributed by atoms with Crippen molar-refractivity contribution < 1.29 is 8.42 Å². The molecular formula is C18H27ClN2O2S. The number of hydrogen-bond acceptors (Lipinski definition) is 3. The molecule has 134 valence electrons. The molecule has 0 aliphatic rings. The molecule has 0 heterocycles. The van der Waals surface area contributed by atoms with E-state index in [9.17, 15) is 8.42 Å². The molecule has 3 N–H and O–H groups in total. The summed E-state index contributed by atoms with van der Waals surface area (Å²) in [4.78, 5) is 0. The fourth-order valence-electron chi connectivity index (χ4n) is 2.78. The van der Waals surface area contributed by atoms with Crippen LogP contribution in [0.25, 0.3) is 10.8 Å². The zero-order valence-corrected chi connectivity index (χ0v) is 15.9. The first-order valence-electron chi connectivity index (χ1n) is 8.17. The van der Waals surface area contributed by atoms with Gasteiger partial charge in [-0.3, -0.25) is 0 Å². The highest BCUT2D eigenvalue weighted by Crippen LogP contribution is 2.21. The largest absolute Gasteiger partial charge is 0.329 e. The molecule has 0 bridgehead atoms. The molecule has 0 aliphatic heterocycles. The Morgan fingerprint density at radius 1 is 1.04 bits per heavy atom. The highest BCUT2D eigenvalue weighted by Gasteiger charge is 2.21. The van der Waals surface area contributed by atoms with Crippen LogP contribution in [0.3, 0.4) is 0 Å². The van der Waals surface area contributed by atoms with Crippen LogP contribution in [0, 0.1) is 5.92 Å². The van der Waals surface area contributed by atoms with Gasteiger partial charge < -0.3 is 5.73 Å². The molecular weight excluding hydrogens is 344 g/mol. The van der Waals surface area contributed by atoms with Gasteiger partial charge in [-0.15, -0.1) is 12.4 Å². The molecule has 0 fully saturated rings. The summed E-state index contributed by atoms with van der Waals surface area (Å²) in [5.74, 6) is 0.340. The summed E-state index contributed by atoms with van der Waals surface area (Å²) in [5, 5.41) is 2.22. The summed E-state index contributed by atoms with van der Waals surface area (Å²) in [6.45, 7) is 4.28. The summed E-state index contributed by atoms with van der Waals surface area (Å²) in [6.07, 6.45) is 1.72. The number of nitrogens with one attached hydrogen (secondary N) is 1. The molecule has 2 aromatic rings. The molecule has 2 rings (SSSR count). The molecule has 0 aromatic heterocycles. The molecule has 0 saturated heterocycles. The molecule has 1 atom stereocenters. The number of benzene rings is 2. The van der Waals surface area contributed by atoms with Gasteiger partial charge in [-0.05, 0) is 28.3 Å². The second kappa shape index (κ2) is 9.37. The summed E-state index contributed by atoms with van der Waals surface area (Å²) >= 11 is 0. The minimum atomic E-state index is -3.35. The normalized spacial score (nSPS) is 13.0. The smallest absolute Gasteiger partial charge is 0.212 e. The van der Waals surface area contributed by atoms with Crippen LogP contribution < -0.4 is 10.5 Å². The van der Waals surface area contributed by atoms with E-state index < -0.39 is 10.0 Å². The topological polar surface area (TPSA) is 72.2 Å². The van der Waals surface area contributed by atoms with Crippen LogP contribution in [0.1, 0.15) is 38.3 Å². The van der Waals surface area contributed by atoms with E-state index in [1.807, 2.05) is 56.3 Å². The predicted octanol–water partition coefficient (Wildman–Crippen LogP) is 3.62. The Labute approximate surface area is 151 Å². The molecule has 24 heavy (non-hydrogen) atoms. The Kier molecular flexibility index (Phi) is 8.16. The molecule has 2 aromatic carbocycles. The quantitative estimate of drug-likeness (QED) is 0.745. The van der Waals surface area contributed by atoms with Crippen molar-refractivity contribution in [2.75, 3.05) is 12.3 Å². The first-order chi connectivity index (χ1) is 11.0. The molecule has 4 nitrogen and oxygen atoms in total. The standard InChI is InChI=1S/C18H26N2O2S.ClH/c1-3-14(4-2)13-23(21,22)20-18(12-19)17-10-9-15-7-5-6-8-16(15)11-17;/h5-11,14,18,20H,3-4,12-13,19H2,1-2H3;1H. The second-order valence-electron chi connectivity index (χ2n) is 5.98. The van der Waals surface area contributed by atoms with Crippen LogP contribution in [0.2, 0.25) is 0 Å². The number of hydrogen-bond donors (Lipinski definition) is 2. The molecule has 0 spiro atoms. The molecule has 0 radical (unpaired) electrons. The van der Waals surface area contributed by atoms with Crippen molar-refractivity contribution in [3.8, 4) is 0 Å². The van der Waals surface area contributed by atoms with Crippen LogP contribution in [0.4, 0.5) is 0 Å². The predicted molar refractivity (Wildman–Crippen MR) is 104 cm³/mol. The third-order valence-corrected chi connectivity index (χ3v) is 5.90. The van der Waals surface area contributed by atoms with Gasteiger partial charge in [0.25, 0.3) is 0 Å². The maximum atomic E-state index is 12.4. The summed E-state index contributed by atoms with van der Waals surface area (Å²) < 4.78 is 27.6. The van der Waals surface area contributed by atoms with Crippen molar-refractivity contribution in [1.29, 1.82) is 0 Å². The van der Waals surface area contributed by atoms with Crippen LogP contribution >= 0.6 is 12.4 Å². The van der Waals surface area contributed by atoms with Crippen molar-refractivity contribution in [2.45, 2.75) is 32.7 Å². The first kappa shape index (κ1) is 20.9. The van der Waals surface area contributed by atoms with Gasteiger partial charge in [-0.1, -0.05) is 63.1 Å². The molecule has 1 unspecified atom stereocenters. The minimum Gasteiger partial charge on any atom is -0.329 e. The van der Waals surface area contributed by atoms with Crippen molar-refractivity contribution >= 4 is 33.2 Å². The third kappa shape index (κ3) is 5.45. The number of sulfonamides is 1. The van der Waals surface area contributed by atoms with Crippen LogP contribution in [0.15, 0.2) is 42.5 Å². The zero-order chi connectivity index (χ0) is 16.9. The van der Waals surface area contributed by atoms with E-state index in [0.29, 0.717) is 0 Å². The van der Waals surface area contributed by atoms with Gasteiger partial charge >= 0.3 is 0 Å². The average molecular weight is 371 g/mol. The van der Waals surface area contributed by atoms with Gasteiger partial charge in [0.1, 0.15) is 0 Å². The van der Waals surface area contributed by atoms with E-state index >= 15 is 0 Å². The number of fused-ring (bicyclic) bond motifs is 1. The summed E-state index contributed by atoms with van der Waals surface area (Å²) in [7, 11) is -3.35. The fraction of sp³-hybridized carbons (Fsp3) is 0.444. The van der Waals surface area contributed by atoms with E-state index in [1.165, 1.54) is 0 Å². The van der Waals surface area contributed by atoms with Crippen molar-refractivity contribution in [3.05, 3.63) is 48.0 Å². The lowest BCUT2D eigenvalue weighted by Crippen LogP contribution is -2.36. The van der Waals surface area contributed by atoms with Gasteiger partial charge in [-0.2, -0.15) is 0 Å². The van der Waals surface area contributed by atoms with E-state index in [1.54, 1.807) is 0 Å². The second-order valence-corrected chi connectivity index (χ2v) is 7.78. The van der Waals surface area contributed by atoms with Crippen molar-refractivity contribution in [1.82, 2.24) is 4.72 Å². The van der Waals surface area contributed by atoms with Gasteiger partial charge in [0.15, 0.2) is 0 Å². The van der Waals surface area contributed by atoms with Gasteiger partial charge in [0.05, 0.1) is 11.8 Å². The van der Waals surface area contributed by atoms with Crippen molar-refractivity contribution in [2.24, 2.45) is 11.7 Å². The zero-order valence-electron chi connectivity index (χ0n) is 14.2. The lowest BCUT2D eigenvalue weighted by Gasteiger charge is -2.20. The number of halogens is 1. The van der Waals surface area contributed by atoms with Crippen LogP contribution in [-0.4, -0.2) is 20.7 Å².